The minimum atomic E-state index is -0.556. The second-order valence-corrected chi connectivity index (χ2v) is 9.12. The molecule has 0 bridgehead atoms. The average molecular weight is 481 g/mol. The number of thioether (sulfide) groups is 1. The van der Waals surface area contributed by atoms with Crippen LogP contribution in [0.25, 0.3) is 0 Å². The molecule has 0 saturated carbocycles. The van der Waals surface area contributed by atoms with Gasteiger partial charge in [0.05, 0.1) is 31.0 Å². The van der Waals surface area contributed by atoms with Gasteiger partial charge >= 0.3 is 0 Å². The van der Waals surface area contributed by atoms with Crippen LogP contribution >= 0.6 is 11.8 Å². The van der Waals surface area contributed by atoms with Crippen LogP contribution in [0.15, 0.2) is 73.1 Å². The molecule has 1 fully saturated rings. The molecular formula is C26H28N2O5S. The first-order valence-electron chi connectivity index (χ1n) is 11.2. The Kier molecular flexibility index (Phi) is 8.67. The molecule has 1 aliphatic rings. The van der Waals surface area contributed by atoms with E-state index in [1.54, 1.807) is 30.1 Å². The van der Waals surface area contributed by atoms with Crippen LogP contribution < -0.4 is 5.32 Å². The van der Waals surface area contributed by atoms with Gasteiger partial charge in [0.1, 0.15) is 0 Å². The van der Waals surface area contributed by atoms with Gasteiger partial charge in [-0.25, -0.2) is 0 Å². The predicted molar refractivity (Wildman–Crippen MR) is 131 cm³/mol. The average Bonchev–Trinajstić information content (AvgIpc) is 2.89. The van der Waals surface area contributed by atoms with Gasteiger partial charge < -0.3 is 25.0 Å². The summed E-state index contributed by atoms with van der Waals surface area (Å²) in [5.74, 6) is 1.19. The topological polar surface area (TPSA) is 101 Å². The van der Waals surface area contributed by atoms with E-state index in [1.165, 1.54) is 6.20 Å². The van der Waals surface area contributed by atoms with Crippen LogP contribution in [0.2, 0.25) is 0 Å². The van der Waals surface area contributed by atoms with Gasteiger partial charge in [0, 0.05) is 41.6 Å². The molecule has 1 saturated heterocycles. The smallest absolute Gasteiger partial charge is 0.257 e. The fraction of sp³-hybridized carbons (Fsp3) is 0.308. The van der Waals surface area contributed by atoms with Crippen molar-refractivity contribution in [1.82, 2.24) is 4.98 Å². The molecule has 1 aromatic heterocycles. The molecule has 3 N–H and O–H groups in total. The summed E-state index contributed by atoms with van der Waals surface area (Å²) in [7, 11) is 0. The van der Waals surface area contributed by atoms with Crippen molar-refractivity contribution >= 4 is 23.4 Å². The number of aliphatic hydroxyl groups is 2. The van der Waals surface area contributed by atoms with Crippen molar-refractivity contribution in [1.29, 1.82) is 0 Å². The highest BCUT2D eigenvalue weighted by Crippen LogP contribution is 2.39. The Morgan fingerprint density at radius 2 is 1.79 bits per heavy atom. The molecule has 1 aliphatic heterocycles. The Balaban J connectivity index is 1.47. The van der Waals surface area contributed by atoms with Crippen molar-refractivity contribution in [2.75, 3.05) is 23.4 Å². The van der Waals surface area contributed by atoms with Crippen LogP contribution in [-0.2, 0) is 16.1 Å². The van der Waals surface area contributed by atoms with Crippen molar-refractivity contribution in [2.24, 2.45) is 0 Å². The lowest BCUT2D eigenvalue weighted by Crippen LogP contribution is -2.31. The summed E-state index contributed by atoms with van der Waals surface area (Å²) < 4.78 is 12.6. The Hall–Kier alpha value is -2.75. The summed E-state index contributed by atoms with van der Waals surface area (Å²) in [6.45, 7) is 0.136. The number of aliphatic hydroxyl groups excluding tert-OH is 2. The maximum Gasteiger partial charge on any atom is 0.257 e. The fourth-order valence-electron chi connectivity index (χ4n) is 3.73. The first-order valence-corrected chi connectivity index (χ1v) is 12.3. The van der Waals surface area contributed by atoms with Crippen LogP contribution in [0.5, 0.6) is 0 Å². The number of amides is 1. The Morgan fingerprint density at radius 3 is 2.47 bits per heavy atom. The number of carbonyl (C=O) groups is 1. The van der Waals surface area contributed by atoms with E-state index in [9.17, 15) is 9.90 Å². The van der Waals surface area contributed by atoms with Gasteiger partial charge in [-0.15, -0.1) is 0 Å². The van der Waals surface area contributed by atoms with Crippen LogP contribution in [0.1, 0.15) is 45.9 Å². The van der Waals surface area contributed by atoms with Crippen molar-refractivity contribution in [2.45, 2.75) is 31.5 Å². The molecule has 8 heteroatoms. The van der Waals surface area contributed by atoms with Crippen LogP contribution in [-0.4, -0.2) is 45.3 Å². The zero-order chi connectivity index (χ0) is 23.8. The van der Waals surface area contributed by atoms with Crippen LogP contribution in [0.3, 0.4) is 0 Å². The summed E-state index contributed by atoms with van der Waals surface area (Å²) in [5, 5.41) is 21.3. The molecular weight excluding hydrogens is 452 g/mol. The highest BCUT2D eigenvalue weighted by molar-refractivity contribution is 7.99. The highest BCUT2D eigenvalue weighted by Gasteiger charge is 2.32. The Bertz CT molecular complexity index is 1050. The number of carbonyl (C=O) groups excluding carboxylic acids is 1. The summed E-state index contributed by atoms with van der Waals surface area (Å²) >= 11 is 1.65. The number of pyridine rings is 1. The third-order valence-corrected chi connectivity index (χ3v) is 6.60. The van der Waals surface area contributed by atoms with Gasteiger partial charge in [0.2, 0.25) is 0 Å². The fourth-order valence-corrected chi connectivity index (χ4v) is 4.50. The molecule has 7 nitrogen and oxygen atoms in total. The molecule has 4 rings (SSSR count). The first-order chi connectivity index (χ1) is 16.7. The van der Waals surface area contributed by atoms with E-state index < -0.39 is 6.29 Å². The number of benzene rings is 2. The molecule has 2 aromatic carbocycles. The van der Waals surface area contributed by atoms with Gasteiger partial charge in [-0.3, -0.25) is 9.78 Å². The zero-order valence-corrected chi connectivity index (χ0v) is 19.5. The normalized spacial score (nSPS) is 20.1. The molecule has 3 aromatic rings. The first kappa shape index (κ1) is 24.4. The molecule has 0 radical (unpaired) electrons. The van der Waals surface area contributed by atoms with E-state index in [1.807, 2.05) is 48.5 Å². The van der Waals surface area contributed by atoms with E-state index in [0.29, 0.717) is 23.4 Å². The number of rotatable bonds is 9. The standard InChI is InChI=1S/C26H28N2O5S/c29-12-13-34-17-23-14-24(19-5-3-18(16-30)4-6-19)33-26(32-23)20-7-9-22(10-8-20)28-25(31)21-2-1-11-27-15-21/h1-11,15,23-24,26,29-30H,12-14,16-17H2,(H,28,31). The van der Waals surface area contributed by atoms with Crippen molar-refractivity contribution in [3.8, 4) is 0 Å². The van der Waals surface area contributed by atoms with E-state index >= 15 is 0 Å². The number of anilines is 1. The Labute approximate surface area is 203 Å². The number of hydrogen-bond acceptors (Lipinski definition) is 7. The lowest BCUT2D eigenvalue weighted by molar-refractivity contribution is -0.245. The lowest BCUT2D eigenvalue weighted by Gasteiger charge is -2.36. The van der Waals surface area contributed by atoms with Gasteiger partial charge in [0.25, 0.3) is 5.91 Å². The maximum atomic E-state index is 12.4. The SMILES string of the molecule is O=C(Nc1ccc(C2OC(CSCCO)CC(c3ccc(CO)cc3)O2)cc1)c1cccnc1. The molecule has 3 unspecified atom stereocenters. The van der Waals surface area contributed by atoms with E-state index in [2.05, 4.69) is 10.3 Å². The highest BCUT2D eigenvalue weighted by atomic mass is 32.2. The zero-order valence-electron chi connectivity index (χ0n) is 18.7. The molecule has 3 atom stereocenters. The molecule has 1 amide bonds. The minimum Gasteiger partial charge on any atom is -0.396 e. The number of nitrogens with zero attached hydrogens (tertiary/aromatic N) is 1. The monoisotopic (exact) mass is 480 g/mol. The third kappa shape index (κ3) is 6.43. The summed E-state index contributed by atoms with van der Waals surface area (Å²) in [6, 6.07) is 18.6. The van der Waals surface area contributed by atoms with Gasteiger partial charge in [0.15, 0.2) is 6.29 Å². The van der Waals surface area contributed by atoms with E-state index in [-0.39, 0.29) is 31.3 Å². The maximum absolute atomic E-state index is 12.4. The van der Waals surface area contributed by atoms with E-state index in [0.717, 1.165) is 22.4 Å². The van der Waals surface area contributed by atoms with Crippen molar-refractivity contribution in [3.63, 3.8) is 0 Å². The van der Waals surface area contributed by atoms with E-state index in [4.69, 9.17) is 14.6 Å². The van der Waals surface area contributed by atoms with Gasteiger partial charge in [-0.2, -0.15) is 11.8 Å². The second kappa shape index (κ2) is 12.1. The Morgan fingerprint density at radius 1 is 1.03 bits per heavy atom. The number of ether oxygens (including phenoxy) is 2. The molecule has 0 aliphatic carbocycles. The van der Waals surface area contributed by atoms with Crippen LogP contribution in [0, 0.1) is 0 Å². The van der Waals surface area contributed by atoms with Crippen LogP contribution in [0.4, 0.5) is 5.69 Å². The molecule has 0 spiro atoms. The van der Waals surface area contributed by atoms with Gasteiger partial charge in [-0.05, 0) is 35.4 Å². The lowest BCUT2D eigenvalue weighted by atomic mass is 10.0. The minimum absolute atomic E-state index is 0.00162. The number of hydrogen-bond donors (Lipinski definition) is 3. The second-order valence-electron chi connectivity index (χ2n) is 7.97. The van der Waals surface area contributed by atoms with Crippen molar-refractivity contribution in [3.05, 3.63) is 95.3 Å². The number of nitrogens with one attached hydrogen (secondary N) is 1. The third-order valence-electron chi connectivity index (χ3n) is 5.52. The quantitative estimate of drug-likeness (QED) is 0.397. The van der Waals surface area contributed by atoms with Gasteiger partial charge in [-0.1, -0.05) is 36.4 Å². The summed E-state index contributed by atoms with van der Waals surface area (Å²) in [4.78, 5) is 16.4. The predicted octanol–water partition coefficient (Wildman–Crippen LogP) is 4.10. The van der Waals surface area contributed by atoms with Crippen molar-refractivity contribution < 1.29 is 24.5 Å². The molecule has 34 heavy (non-hydrogen) atoms. The molecule has 2 heterocycles. The molecule has 178 valence electrons. The number of aromatic nitrogens is 1. The largest absolute Gasteiger partial charge is 0.396 e. The summed E-state index contributed by atoms with van der Waals surface area (Å²) in [5.41, 5.74) is 3.89. The summed E-state index contributed by atoms with van der Waals surface area (Å²) in [6.07, 6.45) is 3.10.